The molecule has 1 fully saturated rings. The minimum atomic E-state index is -0.963. The zero-order valence-corrected chi connectivity index (χ0v) is 13.7. The van der Waals surface area contributed by atoms with Gasteiger partial charge in [-0.2, -0.15) is 5.10 Å². The van der Waals surface area contributed by atoms with Crippen molar-refractivity contribution in [2.24, 2.45) is 0 Å². The van der Waals surface area contributed by atoms with E-state index in [4.69, 9.17) is 32.7 Å². The molecule has 0 saturated carbocycles. The summed E-state index contributed by atoms with van der Waals surface area (Å²) in [4.78, 5) is 3.97. The normalized spacial score (nSPS) is 24.8. The molecule has 1 aromatic carbocycles. The Labute approximate surface area is 139 Å². The van der Waals surface area contributed by atoms with Gasteiger partial charge in [-0.15, -0.1) is 0 Å². The summed E-state index contributed by atoms with van der Waals surface area (Å²) < 4.78 is 14.0. The first-order valence-corrected chi connectivity index (χ1v) is 7.98. The lowest BCUT2D eigenvalue weighted by Gasteiger charge is -2.29. The molecule has 1 aliphatic heterocycles. The lowest BCUT2D eigenvalue weighted by Crippen LogP contribution is -2.34. The molecule has 0 amide bonds. The third-order valence-electron chi connectivity index (χ3n) is 3.65. The van der Waals surface area contributed by atoms with Gasteiger partial charge in [0.25, 0.3) is 0 Å². The maximum atomic E-state index is 6.37. The maximum Gasteiger partial charge on any atom is 0.217 e. The Morgan fingerprint density at radius 3 is 2.95 bits per heavy atom. The number of nitrogens with zero attached hydrogens (tertiary/aromatic N) is 3. The van der Waals surface area contributed by atoms with Gasteiger partial charge in [0.2, 0.25) is 5.79 Å². The van der Waals surface area contributed by atoms with E-state index in [1.54, 1.807) is 23.1 Å². The van der Waals surface area contributed by atoms with E-state index in [9.17, 15) is 0 Å². The van der Waals surface area contributed by atoms with E-state index < -0.39 is 5.79 Å². The van der Waals surface area contributed by atoms with Crippen molar-refractivity contribution in [3.8, 4) is 0 Å². The van der Waals surface area contributed by atoms with E-state index in [1.165, 1.54) is 6.33 Å². The van der Waals surface area contributed by atoms with E-state index in [2.05, 4.69) is 17.0 Å². The van der Waals surface area contributed by atoms with Crippen LogP contribution in [0.1, 0.15) is 25.3 Å². The molecule has 0 bridgehead atoms. The highest BCUT2D eigenvalue weighted by Gasteiger charge is 2.45. The minimum absolute atomic E-state index is 0.0419. The van der Waals surface area contributed by atoms with E-state index >= 15 is 0 Å². The van der Waals surface area contributed by atoms with Gasteiger partial charge < -0.3 is 9.47 Å². The third kappa shape index (κ3) is 3.13. The van der Waals surface area contributed by atoms with Crippen molar-refractivity contribution < 1.29 is 9.47 Å². The maximum absolute atomic E-state index is 6.37. The van der Waals surface area contributed by atoms with Gasteiger partial charge in [-0.25, -0.2) is 9.67 Å². The van der Waals surface area contributed by atoms with Crippen LogP contribution in [0.15, 0.2) is 30.9 Å². The van der Waals surface area contributed by atoms with Crippen LogP contribution < -0.4 is 0 Å². The highest BCUT2D eigenvalue weighted by molar-refractivity contribution is 6.35. The molecule has 1 aliphatic rings. The van der Waals surface area contributed by atoms with Gasteiger partial charge in [0.15, 0.2) is 0 Å². The zero-order valence-electron chi connectivity index (χ0n) is 12.2. The van der Waals surface area contributed by atoms with Gasteiger partial charge >= 0.3 is 0 Å². The van der Waals surface area contributed by atoms with Crippen LogP contribution in [0, 0.1) is 0 Å². The number of benzene rings is 1. The molecule has 1 aromatic heterocycles. The molecule has 0 spiro atoms. The summed E-state index contributed by atoms with van der Waals surface area (Å²) in [6.07, 6.45) is 5.12. The Kier molecular flexibility index (Phi) is 4.68. The first kappa shape index (κ1) is 15.7. The summed E-state index contributed by atoms with van der Waals surface area (Å²) in [5, 5.41) is 5.24. The van der Waals surface area contributed by atoms with Crippen LogP contribution in [0.3, 0.4) is 0 Å². The SMILES string of the molecule is CCC[C@@H]1CO[C@@](Cn2cncn2)(c2ccc(Cl)cc2Cl)O1. The molecule has 2 heterocycles. The third-order valence-corrected chi connectivity index (χ3v) is 4.20. The lowest BCUT2D eigenvalue weighted by molar-refractivity contribution is -0.189. The van der Waals surface area contributed by atoms with Crippen molar-refractivity contribution in [1.82, 2.24) is 14.8 Å². The molecule has 5 nitrogen and oxygen atoms in total. The van der Waals surface area contributed by atoms with Gasteiger partial charge in [0.05, 0.1) is 17.7 Å². The fourth-order valence-electron chi connectivity index (χ4n) is 2.66. The first-order chi connectivity index (χ1) is 10.6. The van der Waals surface area contributed by atoms with Crippen molar-refractivity contribution in [3.63, 3.8) is 0 Å². The van der Waals surface area contributed by atoms with Crippen LogP contribution >= 0.6 is 23.2 Å². The van der Waals surface area contributed by atoms with Crippen molar-refractivity contribution in [2.45, 2.75) is 38.2 Å². The number of hydrogen-bond acceptors (Lipinski definition) is 4. The number of rotatable bonds is 5. The molecular weight excluding hydrogens is 325 g/mol. The van der Waals surface area contributed by atoms with E-state index in [0.717, 1.165) is 18.4 Å². The van der Waals surface area contributed by atoms with E-state index in [1.807, 2.05) is 6.07 Å². The topological polar surface area (TPSA) is 49.2 Å². The predicted octanol–water partition coefficient (Wildman–Crippen LogP) is 3.65. The molecule has 1 saturated heterocycles. The summed E-state index contributed by atoms with van der Waals surface area (Å²) in [5.41, 5.74) is 0.757. The van der Waals surface area contributed by atoms with Gasteiger partial charge in [0.1, 0.15) is 19.2 Å². The second kappa shape index (κ2) is 6.54. The van der Waals surface area contributed by atoms with Crippen LogP contribution in [-0.4, -0.2) is 27.5 Å². The fourth-order valence-corrected chi connectivity index (χ4v) is 3.22. The molecule has 0 unspecified atom stereocenters. The van der Waals surface area contributed by atoms with Crippen molar-refractivity contribution in [3.05, 3.63) is 46.5 Å². The average molecular weight is 342 g/mol. The molecule has 0 N–H and O–H groups in total. The smallest absolute Gasteiger partial charge is 0.217 e. The van der Waals surface area contributed by atoms with Gasteiger partial charge in [-0.05, 0) is 18.6 Å². The summed E-state index contributed by atoms with van der Waals surface area (Å²) in [6, 6.07) is 5.32. The Balaban J connectivity index is 1.96. The highest BCUT2D eigenvalue weighted by atomic mass is 35.5. The van der Waals surface area contributed by atoms with Crippen LogP contribution in [0.25, 0.3) is 0 Å². The molecule has 0 aliphatic carbocycles. The predicted molar refractivity (Wildman–Crippen MR) is 83.9 cm³/mol. The monoisotopic (exact) mass is 341 g/mol. The molecular formula is C15H17Cl2N3O2. The molecule has 118 valence electrons. The second-order valence-electron chi connectivity index (χ2n) is 5.31. The first-order valence-electron chi connectivity index (χ1n) is 7.22. The minimum Gasteiger partial charge on any atom is -0.342 e. The van der Waals surface area contributed by atoms with Gasteiger partial charge in [0, 0.05) is 10.6 Å². The van der Waals surface area contributed by atoms with Crippen LogP contribution in [0.2, 0.25) is 10.0 Å². The second-order valence-corrected chi connectivity index (χ2v) is 6.15. The molecule has 2 atom stereocenters. The molecule has 3 rings (SSSR count). The van der Waals surface area contributed by atoms with Gasteiger partial charge in [-0.3, -0.25) is 0 Å². The van der Waals surface area contributed by atoms with Crippen LogP contribution in [-0.2, 0) is 21.8 Å². The lowest BCUT2D eigenvalue weighted by atomic mass is 10.1. The van der Waals surface area contributed by atoms with Crippen LogP contribution in [0.4, 0.5) is 0 Å². The average Bonchev–Trinajstić information content (AvgIpc) is 3.10. The summed E-state index contributed by atoms with van der Waals surface area (Å²) in [5.74, 6) is -0.963. The number of ether oxygens (including phenoxy) is 2. The fraction of sp³-hybridized carbons (Fsp3) is 0.467. The quantitative estimate of drug-likeness (QED) is 0.832. The van der Waals surface area contributed by atoms with Crippen molar-refractivity contribution in [2.75, 3.05) is 6.61 Å². The largest absolute Gasteiger partial charge is 0.342 e. The molecule has 22 heavy (non-hydrogen) atoms. The van der Waals surface area contributed by atoms with E-state index in [0.29, 0.717) is 23.2 Å². The Hall–Kier alpha value is -1.14. The zero-order chi connectivity index (χ0) is 15.6. The molecule has 0 radical (unpaired) electrons. The summed E-state index contributed by atoms with van der Waals surface area (Å²) >= 11 is 12.4. The van der Waals surface area contributed by atoms with Crippen molar-refractivity contribution >= 4 is 23.2 Å². The Morgan fingerprint density at radius 1 is 1.41 bits per heavy atom. The van der Waals surface area contributed by atoms with Crippen LogP contribution in [0.5, 0.6) is 0 Å². The number of halogens is 2. The number of aromatic nitrogens is 3. The standard InChI is InChI=1S/C15H17Cl2N3O2/c1-2-3-12-7-21-15(22-12,8-20-10-18-9-19-20)13-5-4-11(16)6-14(13)17/h4-6,9-10,12H,2-3,7-8H2,1H3/t12-,15-/m1/s1. The highest BCUT2D eigenvalue weighted by Crippen LogP contribution is 2.41. The van der Waals surface area contributed by atoms with Gasteiger partial charge in [-0.1, -0.05) is 42.6 Å². The Morgan fingerprint density at radius 2 is 2.27 bits per heavy atom. The van der Waals surface area contributed by atoms with Crippen molar-refractivity contribution in [1.29, 1.82) is 0 Å². The summed E-state index contributed by atoms with van der Waals surface area (Å²) in [6.45, 7) is 3.03. The molecule has 7 heteroatoms. The summed E-state index contributed by atoms with van der Waals surface area (Å²) in [7, 11) is 0. The van der Waals surface area contributed by atoms with E-state index in [-0.39, 0.29) is 6.10 Å². The Bertz CT molecular complexity index is 636. The number of hydrogen-bond donors (Lipinski definition) is 0. The molecule has 2 aromatic rings.